The molecular weight excluding hydrogens is 336 g/mol. The van der Waals surface area contributed by atoms with Gasteiger partial charge in [0, 0.05) is 32.3 Å². The van der Waals surface area contributed by atoms with Gasteiger partial charge in [-0.1, -0.05) is 0 Å². The SMILES string of the molecule is CC(=O)c1c(C)nn(CCC(=O)N2CCCC3(CN(C)C(=O)O3)C2)c1C. The second-order valence-electron chi connectivity index (χ2n) is 7.40. The zero-order valence-corrected chi connectivity index (χ0v) is 15.9. The average molecular weight is 362 g/mol. The molecular formula is C18H26N4O4. The van der Waals surface area contributed by atoms with Gasteiger partial charge in [-0.3, -0.25) is 14.3 Å². The lowest BCUT2D eigenvalue weighted by Gasteiger charge is -2.38. The highest BCUT2D eigenvalue weighted by Gasteiger charge is 2.47. The van der Waals surface area contributed by atoms with Crippen molar-refractivity contribution in [3.05, 3.63) is 17.0 Å². The topological polar surface area (TPSA) is 84.7 Å². The summed E-state index contributed by atoms with van der Waals surface area (Å²) in [4.78, 5) is 39.5. The molecule has 0 aromatic carbocycles. The number of ketones is 1. The average Bonchev–Trinajstić information content (AvgIpc) is 3.00. The molecule has 8 heteroatoms. The van der Waals surface area contributed by atoms with Gasteiger partial charge in [-0.05, 0) is 33.6 Å². The van der Waals surface area contributed by atoms with E-state index in [0.717, 1.165) is 18.5 Å². The Kier molecular flexibility index (Phi) is 4.77. The normalized spacial score (nSPS) is 22.8. The van der Waals surface area contributed by atoms with Crippen molar-refractivity contribution in [1.29, 1.82) is 0 Å². The van der Waals surface area contributed by atoms with E-state index in [4.69, 9.17) is 4.74 Å². The fourth-order valence-electron chi connectivity index (χ4n) is 4.10. The molecule has 8 nitrogen and oxygen atoms in total. The molecule has 0 bridgehead atoms. The standard InChI is InChI=1S/C18H26N4O4/c1-12-16(14(3)23)13(2)22(19-12)9-6-15(24)21-8-5-7-18(11-21)10-20(4)17(25)26-18/h5-11H2,1-4H3. The summed E-state index contributed by atoms with van der Waals surface area (Å²) in [5, 5.41) is 4.39. The van der Waals surface area contributed by atoms with Gasteiger partial charge in [0.1, 0.15) is 5.60 Å². The predicted molar refractivity (Wildman–Crippen MR) is 94.0 cm³/mol. The van der Waals surface area contributed by atoms with Crippen molar-refractivity contribution in [3.8, 4) is 0 Å². The van der Waals surface area contributed by atoms with Gasteiger partial charge in [0.2, 0.25) is 5.91 Å². The van der Waals surface area contributed by atoms with E-state index >= 15 is 0 Å². The lowest BCUT2D eigenvalue weighted by Crippen LogP contribution is -2.52. The molecule has 1 unspecified atom stereocenters. The van der Waals surface area contributed by atoms with Crippen LogP contribution in [-0.4, -0.2) is 69.6 Å². The Balaban J connectivity index is 1.63. The van der Waals surface area contributed by atoms with Crippen molar-refractivity contribution >= 4 is 17.8 Å². The van der Waals surface area contributed by atoms with Crippen molar-refractivity contribution in [1.82, 2.24) is 19.6 Å². The number of hydrogen-bond acceptors (Lipinski definition) is 5. The zero-order chi connectivity index (χ0) is 19.1. The molecule has 2 amide bonds. The first-order valence-electron chi connectivity index (χ1n) is 8.99. The minimum Gasteiger partial charge on any atom is -0.439 e. The third-order valence-electron chi connectivity index (χ3n) is 5.30. The highest BCUT2D eigenvalue weighted by molar-refractivity contribution is 5.96. The number of amides is 2. The molecule has 0 N–H and O–H groups in total. The Labute approximate surface area is 153 Å². The lowest BCUT2D eigenvalue weighted by molar-refractivity contribution is -0.137. The van der Waals surface area contributed by atoms with Crippen LogP contribution in [0, 0.1) is 13.8 Å². The first-order valence-corrected chi connectivity index (χ1v) is 8.99. The zero-order valence-electron chi connectivity index (χ0n) is 15.9. The van der Waals surface area contributed by atoms with E-state index in [1.165, 1.54) is 6.92 Å². The van der Waals surface area contributed by atoms with Crippen LogP contribution in [-0.2, 0) is 16.1 Å². The van der Waals surface area contributed by atoms with Crippen molar-refractivity contribution < 1.29 is 19.1 Å². The molecule has 0 saturated carbocycles. The van der Waals surface area contributed by atoms with E-state index in [1.807, 2.05) is 6.92 Å². The monoisotopic (exact) mass is 362 g/mol. The summed E-state index contributed by atoms with van der Waals surface area (Å²) in [6, 6.07) is 0. The highest BCUT2D eigenvalue weighted by atomic mass is 16.6. The van der Waals surface area contributed by atoms with Crippen LogP contribution in [0.5, 0.6) is 0 Å². The minimum absolute atomic E-state index is 0.0114. The van der Waals surface area contributed by atoms with Crippen LogP contribution < -0.4 is 0 Å². The number of aryl methyl sites for hydroxylation is 2. The molecule has 2 saturated heterocycles. The number of piperidine rings is 1. The fraction of sp³-hybridized carbons (Fsp3) is 0.667. The molecule has 3 rings (SSSR count). The highest BCUT2D eigenvalue weighted by Crippen LogP contribution is 2.31. The maximum Gasteiger partial charge on any atom is 0.410 e. The number of likely N-dealkylation sites (N-methyl/N-ethyl adjacent to an activating group) is 1. The summed E-state index contributed by atoms with van der Waals surface area (Å²) in [6.45, 7) is 7.26. The molecule has 2 fully saturated rings. The number of carbonyl (C=O) groups is 3. The molecule has 142 valence electrons. The summed E-state index contributed by atoms with van der Waals surface area (Å²) in [5.74, 6) is 0.00863. The number of hydrogen-bond donors (Lipinski definition) is 0. The maximum atomic E-state index is 12.7. The van der Waals surface area contributed by atoms with E-state index in [1.54, 1.807) is 28.5 Å². The van der Waals surface area contributed by atoms with Gasteiger partial charge in [0.25, 0.3) is 0 Å². The molecule has 2 aliphatic heterocycles. The second kappa shape index (κ2) is 6.74. The van der Waals surface area contributed by atoms with E-state index in [2.05, 4.69) is 5.10 Å². The number of Topliss-reactive ketones (excluding diaryl/α,β-unsaturated/α-hetero) is 1. The van der Waals surface area contributed by atoms with Gasteiger partial charge in [0.05, 0.1) is 24.3 Å². The van der Waals surface area contributed by atoms with Crippen LogP contribution in [0.3, 0.4) is 0 Å². The Bertz CT molecular complexity index is 757. The Hall–Kier alpha value is -2.38. The third-order valence-corrected chi connectivity index (χ3v) is 5.30. The molecule has 3 heterocycles. The summed E-state index contributed by atoms with van der Waals surface area (Å²) in [5.41, 5.74) is 1.56. The van der Waals surface area contributed by atoms with Crippen LogP contribution in [0.25, 0.3) is 0 Å². The first-order chi connectivity index (χ1) is 12.2. The number of aromatic nitrogens is 2. The summed E-state index contributed by atoms with van der Waals surface area (Å²) < 4.78 is 7.28. The number of rotatable bonds is 4. The van der Waals surface area contributed by atoms with Crippen molar-refractivity contribution in [3.63, 3.8) is 0 Å². The molecule has 2 aliphatic rings. The largest absolute Gasteiger partial charge is 0.439 e. The van der Waals surface area contributed by atoms with E-state index in [9.17, 15) is 14.4 Å². The van der Waals surface area contributed by atoms with Crippen LogP contribution >= 0.6 is 0 Å². The molecule has 1 spiro atoms. The maximum absolute atomic E-state index is 12.7. The molecule has 1 aromatic rings. The van der Waals surface area contributed by atoms with Gasteiger partial charge in [0.15, 0.2) is 5.78 Å². The minimum atomic E-state index is -0.570. The smallest absolute Gasteiger partial charge is 0.410 e. The lowest BCUT2D eigenvalue weighted by atomic mass is 9.92. The second-order valence-corrected chi connectivity index (χ2v) is 7.40. The Morgan fingerprint density at radius 3 is 2.58 bits per heavy atom. The van der Waals surface area contributed by atoms with Crippen LogP contribution in [0.15, 0.2) is 0 Å². The predicted octanol–water partition coefficient (Wildman–Crippen LogP) is 1.54. The number of likely N-dealkylation sites (tertiary alicyclic amines) is 1. The molecule has 0 radical (unpaired) electrons. The van der Waals surface area contributed by atoms with Gasteiger partial charge < -0.3 is 14.5 Å². The molecule has 1 atom stereocenters. The number of carbonyl (C=O) groups excluding carboxylic acids is 3. The molecule has 26 heavy (non-hydrogen) atoms. The molecule has 0 aliphatic carbocycles. The van der Waals surface area contributed by atoms with Crippen molar-refractivity contribution in [2.75, 3.05) is 26.7 Å². The summed E-state index contributed by atoms with van der Waals surface area (Å²) in [6.07, 6.45) is 1.59. The summed E-state index contributed by atoms with van der Waals surface area (Å²) in [7, 11) is 1.72. The van der Waals surface area contributed by atoms with E-state index in [-0.39, 0.29) is 17.8 Å². The number of nitrogens with zero attached hydrogens (tertiary/aromatic N) is 4. The van der Waals surface area contributed by atoms with Gasteiger partial charge in [-0.15, -0.1) is 0 Å². The van der Waals surface area contributed by atoms with Crippen molar-refractivity contribution in [2.24, 2.45) is 0 Å². The van der Waals surface area contributed by atoms with Gasteiger partial charge in [-0.2, -0.15) is 5.10 Å². The summed E-state index contributed by atoms with van der Waals surface area (Å²) >= 11 is 0. The van der Waals surface area contributed by atoms with Crippen molar-refractivity contribution in [2.45, 2.75) is 52.2 Å². The van der Waals surface area contributed by atoms with Crippen LogP contribution in [0.2, 0.25) is 0 Å². The van der Waals surface area contributed by atoms with Crippen LogP contribution in [0.4, 0.5) is 4.79 Å². The van der Waals surface area contributed by atoms with Gasteiger partial charge >= 0.3 is 6.09 Å². The van der Waals surface area contributed by atoms with Gasteiger partial charge in [-0.25, -0.2) is 4.79 Å². The molecule has 1 aromatic heterocycles. The van der Waals surface area contributed by atoms with E-state index < -0.39 is 5.60 Å². The first kappa shape index (κ1) is 18.4. The quantitative estimate of drug-likeness (QED) is 0.759. The Morgan fingerprint density at radius 1 is 1.27 bits per heavy atom. The number of ether oxygens (including phenoxy) is 1. The van der Waals surface area contributed by atoms with Crippen LogP contribution in [0.1, 0.15) is 47.9 Å². The third kappa shape index (κ3) is 3.32. The Morgan fingerprint density at radius 2 is 2.00 bits per heavy atom. The fourth-order valence-corrected chi connectivity index (χ4v) is 4.10. The van der Waals surface area contributed by atoms with E-state index in [0.29, 0.717) is 43.9 Å².